The van der Waals surface area contributed by atoms with Crippen molar-refractivity contribution in [3.8, 4) is 23.3 Å². The van der Waals surface area contributed by atoms with Crippen LogP contribution in [0.5, 0.6) is 11.5 Å². The molecule has 21 heavy (non-hydrogen) atoms. The molecule has 0 bridgehead atoms. The first kappa shape index (κ1) is 13.1. The van der Waals surface area contributed by atoms with Crippen molar-refractivity contribution in [2.75, 3.05) is 7.11 Å². The van der Waals surface area contributed by atoms with Crippen LogP contribution in [0.2, 0.25) is 0 Å². The van der Waals surface area contributed by atoms with Crippen molar-refractivity contribution in [2.24, 2.45) is 0 Å². The summed E-state index contributed by atoms with van der Waals surface area (Å²) in [7, 11) is 1.65. The van der Waals surface area contributed by atoms with Gasteiger partial charge in [-0.15, -0.1) is 0 Å². The molecular weight excluding hydrogens is 260 g/mol. The summed E-state index contributed by atoms with van der Waals surface area (Å²) in [4.78, 5) is 0. The van der Waals surface area contributed by atoms with Crippen molar-refractivity contribution in [2.45, 2.75) is 0 Å². The molecule has 2 nitrogen and oxygen atoms in total. The van der Waals surface area contributed by atoms with Gasteiger partial charge in [-0.1, -0.05) is 24.0 Å². The first-order valence-corrected chi connectivity index (χ1v) is 6.63. The zero-order chi connectivity index (χ0) is 14.7. The summed E-state index contributed by atoms with van der Waals surface area (Å²) >= 11 is 0. The van der Waals surface area contributed by atoms with Crippen molar-refractivity contribution >= 4 is 10.8 Å². The molecule has 0 saturated carbocycles. The van der Waals surface area contributed by atoms with Gasteiger partial charge in [0.05, 0.1) is 7.11 Å². The Kier molecular flexibility index (Phi) is 3.49. The second-order valence-corrected chi connectivity index (χ2v) is 4.72. The smallest absolute Gasteiger partial charge is 0.118 e. The van der Waals surface area contributed by atoms with Gasteiger partial charge in [0.1, 0.15) is 11.5 Å². The minimum absolute atomic E-state index is 0.277. The highest BCUT2D eigenvalue weighted by Crippen LogP contribution is 2.20. The normalized spacial score (nSPS) is 9.95. The van der Waals surface area contributed by atoms with Gasteiger partial charge in [-0.2, -0.15) is 0 Å². The van der Waals surface area contributed by atoms with E-state index in [-0.39, 0.29) is 5.75 Å². The Hall–Kier alpha value is -2.92. The molecule has 0 aliphatic carbocycles. The van der Waals surface area contributed by atoms with Crippen LogP contribution in [0.4, 0.5) is 0 Å². The number of phenolic OH excluding ortho intramolecular Hbond substituents is 1. The molecule has 0 atom stereocenters. The van der Waals surface area contributed by atoms with Gasteiger partial charge in [0.25, 0.3) is 0 Å². The number of hydrogen-bond donors (Lipinski definition) is 1. The fraction of sp³-hybridized carbons (Fsp3) is 0.0526. The lowest BCUT2D eigenvalue weighted by atomic mass is 10.1. The molecule has 3 rings (SSSR count). The van der Waals surface area contributed by atoms with Gasteiger partial charge in [-0.3, -0.25) is 0 Å². The largest absolute Gasteiger partial charge is 0.508 e. The van der Waals surface area contributed by atoms with Crippen LogP contribution in [0.3, 0.4) is 0 Å². The highest BCUT2D eigenvalue weighted by Gasteiger charge is 1.96. The summed E-state index contributed by atoms with van der Waals surface area (Å²) < 4.78 is 5.12. The van der Waals surface area contributed by atoms with Crippen LogP contribution in [-0.2, 0) is 0 Å². The number of phenols is 1. The lowest BCUT2D eigenvalue weighted by Gasteiger charge is -1.99. The predicted octanol–water partition coefficient (Wildman–Crippen LogP) is 3.95. The Balaban J connectivity index is 1.90. The van der Waals surface area contributed by atoms with Gasteiger partial charge >= 0.3 is 0 Å². The van der Waals surface area contributed by atoms with Crippen LogP contribution in [0, 0.1) is 11.8 Å². The molecule has 3 aromatic rings. The van der Waals surface area contributed by atoms with Crippen LogP contribution < -0.4 is 4.74 Å². The summed E-state index contributed by atoms with van der Waals surface area (Å²) in [5, 5.41) is 11.5. The maximum absolute atomic E-state index is 9.46. The van der Waals surface area contributed by atoms with Crippen molar-refractivity contribution < 1.29 is 9.84 Å². The number of ether oxygens (including phenoxy) is 1. The Morgan fingerprint density at radius 1 is 0.762 bits per heavy atom. The van der Waals surface area contributed by atoms with Crippen LogP contribution in [0.1, 0.15) is 11.1 Å². The molecular formula is C19H14O2. The Bertz CT molecular complexity index is 837. The fourth-order valence-corrected chi connectivity index (χ4v) is 2.13. The fourth-order valence-electron chi connectivity index (χ4n) is 2.13. The Morgan fingerprint density at radius 3 is 2.14 bits per heavy atom. The summed E-state index contributed by atoms with van der Waals surface area (Å²) in [5.74, 6) is 7.39. The topological polar surface area (TPSA) is 29.5 Å². The number of benzene rings is 3. The van der Waals surface area contributed by atoms with Gasteiger partial charge in [-0.25, -0.2) is 0 Å². The Morgan fingerprint density at radius 2 is 1.38 bits per heavy atom. The van der Waals surface area contributed by atoms with Crippen molar-refractivity contribution in [1.82, 2.24) is 0 Å². The lowest BCUT2D eigenvalue weighted by molar-refractivity contribution is 0.415. The number of aromatic hydroxyl groups is 1. The predicted molar refractivity (Wildman–Crippen MR) is 84.6 cm³/mol. The van der Waals surface area contributed by atoms with E-state index in [4.69, 9.17) is 4.74 Å². The zero-order valence-electron chi connectivity index (χ0n) is 11.6. The van der Waals surface area contributed by atoms with E-state index in [1.165, 1.54) is 0 Å². The lowest BCUT2D eigenvalue weighted by Crippen LogP contribution is -1.82. The molecule has 0 radical (unpaired) electrons. The summed E-state index contributed by atoms with van der Waals surface area (Å²) in [6.45, 7) is 0. The van der Waals surface area contributed by atoms with Crippen molar-refractivity contribution in [1.29, 1.82) is 0 Å². The van der Waals surface area contributed by atoms with Crippen LogP contribution in [0.25, 0.3) is 10.8 Å². The van der Waals surface area contributed by atoms with Gasteiger partial charge in [0, 0.05) is 11.1 Å². The molecule has 0 aliphatic rings. The average molecular weight is 274 g/mol. The van der Waals surface area contributed by atoms with E-state index in [1.54, 1.807) is 19.2 Å². The van der Waals surface area contributed by atoms with E-state index in [9.17, 15) is 5.11 Å². The maximum atomic E-state index is 9.46. The molecule has 3 aromatic carbocycles. The molecule has 0 unspecified atom stereocenters. The monoisotopic (exact) mass is 274 g/mol. The third kappa shape index (κ3) is 2.98. The molecule has 0 fully saturated rings. The number of hydrogen-bond acceptors (Lipinski definition) is 2. The molecule has 102 valence electrons. The average Bonchev–Trinajstić information content (AvgIpc) is 2.53. The molecule has 0 aromatic heterocycles. The van der Waals surface area contributed by atoms with E-state index >= 15 is 0 Å². The molecule has 2 heteroatoms. The van der Waals surface area contributed by atoms with E-state index in [2.05, 4.69) is 11.8 Å². The highest BCUT2D eigenvalue weighted by molar-refractivity contribution is 5.85. The quantitative estimate of drug-likeness (QED) is 0.681. The maximum Gasteiger partial charge on any atom is 0.118 e. The first-order valence-electron chi connectivity index (χ1n) is 6.63. The second kappa shape index (κ2) is 5.60. The summed E-state index contributed by atoms with van der Waals surface area (Å²) in [6, 6.07) is 18.9. The van der Waals surface area contributed by atoms with Gasteiger partial charge in [-0.05, 0) is 59.3 Å². The molecule has 0 aliphatic heterocycles. The Labute approximate surface area is 123 Å². The van der Waals surface area contributed by atoms with Gasteiger partial charge in [0.2, 0.25) is 0 Å². The second-order valence-electron chi connectivity index (χ2n) is 4.72. The molecule has 0 spiro atoms. The zero-order valence-corrected chi connectivity index (χ0v) is 11.6. The minimum atomic E-state index is 0.277. The van der Waals surface area contributed by atoms with Crippen LogP contribution in [0.15, 0.2) is 60.7 Å². The van der Waals surface area contributed by atoms with Crippen molar-refractivity contribution in [3.05, 3.63) is 71.8 Å². The van der Waals surface area contributed by atoms with Crippen LogP contribution >= 0.6 is 0 Å². The van der Waals surface area contributed by atoms with Crippen molar-refractivity contribution in [3.63, 3.8) is 0 Å². The molecule has 1 N–H and O–H groups in total. The molecule has 0 saturated heterocycles. The third-order valence-corrected chi connectivity index (χ3v) is 3.27. The highest BCUT2D eigenvalue weighted by atomic mass is 16.5. The van der Waals surface area contributed by atoms with Gasteiger partial charge < -0.3 is 9.84 Å². The first-order chi connectivity index (χ1) is 10.2. The number of rotatable bonds is 1. The summed E-state index contributed by atoms with van der Waals surface area (Å²) in [6.07, 6.45) is 0. The SMILES string of the molecule is COc1ccc(C#Cc2ccc3cc(O)ccc3c2)cc1. The minimum Gasteiger partial charge on any atom is -0.508 e. The number of fused-ring (bicyclic) bond motifs is 1. The standard InChI is InChI=1S/C19H14O2/c1-21-19-10-5-14(6-11-19)2-3-15-4-7-17-13-18(20)9-8-16(17)12-15/h4-13,20H,1H3. The number of methoxy groups -OCH3 is 1. The van der Waals surface area contributed by atoms with E-state index < -0.39 is 0 Å². The molecule has 0 heterocycles. The summed E-state index contributed by atoms with van der Waals surface area (Å²) in [5.41, 5.74) is 1.89. The van der Waals surface area contributed by atoms with Crippen LogP contribution in [-0.4, -0.2) is 12.2 Å². The van der Waals surface area contributed by atoms with E-state index in [0.29, 0.717) is 0 Å². The molecule has 0 amide bonds. The van der Waals surface area contributed by atoms with E-state index in [0.717, 1.165) is 27.6 Å². The third-order valence-electron chi connectivity index (χ3n) is 3.27. The van der Waals surface area contributed by atoms with Gasteiger partial charge in [0.15, 0.2) is 0 Å². The van der Waals surface area contributed by atoms with E-state index in [1.807, 2.05) is 48.5 Å².